The van der Waals surface area contributed by atoms with Crippen LogP contribution in [0.2, 0.25) is 0 Å². The number of amides is 1. The molecular formula is C8H9N3O. The molecular weight excluding hydrogens is 154 g/mol. The van der Waals surface area contributed by atoms with Gasteiger partial charge in [0.15, 0.2) is 0 Å². The van der Waals surface area contributed by atoms with E-state index in [1.807, 2.05) is 0 Å². The summed E-state index contributed by atoms with van der Waals surface area (Å²) in [7, 11) is 0. The van der Waals surface area contributed by atoms with Crippen LogP contribution in [0, 0.1) is 0 Å². The van der Waals surface area contributed by atoms with Crippen LogP contribution in [-0.4, -0.2) is 17.4 Å². The smallest absolute Gasteiger partial charge is 0.253 e. The first-order chi connectivity index (χ1) is 5.79. The Morgan fingerprint density at radius 3 is 3.08 bits per heavy atom. The molecule has 0 aliphatic carbocycles. The first-order valence-electron chi connectivity index (χ1n) is 3.79. The zero-order valence-electron chi connectivity index (χ0n) is 6.50. The van der Waals surface area contributed by atoms with Crippen molar-refractivity contribution in [3.8, 4) is 0 Å². The van der Waals surface area contributed by atoms with Crippen LogP contribution in [-0.2, 0) is 6.42 Å². The second kappa shape index (κ2) is 2.48. The molecule has 2 heterocycles. The largest absolute Gasteiger partial charge is 0.397 e. The van der Waals surface area contributed by atoms with Crippen molar-refractivity contribution >= 4 is 11.6 Å². The predicted molar refractivity (Wildman–Crippen MR) is 44.7 cm³/mol. The number of nitrogens with one attached hydrogen (secondary N) is 1. The number of nitrogens with two attached hydrogens (primary N) is 1. The number of hydrogen-bond acceptors (Lipinski definition) is 3. The number of anilines is 1. The van der Waals surface area contributed by atoms with Crippen molar-refractivity contribution < 1.29 is 4.79 Å². The average molecular weight is 163 g/mol. The normalized spacial score (nSPS) is 15.2. The predicted octanol–water partition coefficient (Wildman–Crippen LogP) is -0.0503. The molecule has 0 radical (unpaired) electrons. The quantitative estimate of drug-likeness (QED) is 0.563. The molecule has 4 heteroatoms. The monoisotopic (exact) mass is 163 g/mol. The molecule has 0 unspecified atom stereocenters. The van der Waals surface area contributed by atoms with E-state index in [9.17, 15) is 4.79 Å². The van der Waals surface area contributed by atoms with Crippen LogP contribution in [0.1, 0.15) is 15.9 Å². The number of carbonyl (C=O) groups is 1. The number of carbonyl (C=O) groups excluding carboxylic acids is 1. The molecule has 1 aromatic heterocycles. The fraction of sp³-hybridized carbons (Fsp3) is 0.250. The van der Waals surface area contributed by atoms with Crippen LogP contribution in [0.25, 0.3) is 0 Å². The van der Waals surface area contributed by atoms with Crippen LogP contribution in [0.5, 0.6) is 0 Å². The fourth-order valence-corrected chi connectivity index (χ4v) is 1.37. The van der Waals surface area contributed by atoms with Crippen LogP contribution in [0.4, 0.5) is 5.69 Å². The number of nitrogen functional groups attached to an aromatic ring is 1. The van der Waals surface area contributed by atoms with Crippen LogP contribution >= 0.6 is 0 Å². The highest BCUT2D eigenvalue weighted by Crippen LogP contribution is 2.18. The van der Waals surface area contributed by atoms with E-state index in [0.29, 0.717) is 17.8 Å². The van der Waals surface area contributed by atoms with Crippen LogP contribution < -0.4 is 11.1 Å². The van der Waals surface area contributed by atoms with Crippen LogP contribution in [0.3, 0.4) is 0 Å². The van der Waals surface area contributed by atoms with E-state index < -0.39 is 0 Å². The van der Waals surface area contributed by atoms with Crippen molar-refractivity contribution in [1.82, 2.24) is 10.3 Å². The minimum absolute atomic E-state index is 0.0731. The fourth-order valence-electron chi connectivity index (χ4n) is 1.37. The highest BCUT2D eigenvalue weighted by atomic mass is 16.1. The SMILES string of the molecule is Nc1cncc2c1CCNC2=O. The number of fused-ring (bicyclic) bond motifs is 1. The second-order valence-electron chi connectivity index (χ2n) is 2.76. The Bertz CT molecular complexity index is 335. The third kappa shape index (κ3) is 0.922. The van der Waals surface area contributed by atoms with Gasteiger partial charge in [-0.25, -0.2) is 0 Å². The van der Waals surface area contributed by atoms with Gasteiger partial charge in [0.05, 0.1) is 17.4 Å². The first-order valence-corrected chi connectivity index (χ1v) is 3.79. The molecule has 4 nitrogen and oxygen atoms in total. The van der Waals surface area contributed by atoms with Gasteiger partial charge in [-0.1, -0.05) is 0 Å². The summed E-state index contributed by atoms with van der Waals surface area (Å²) < 4.78 is 0. The summed E-state index contributed by atoms with van der Waals surface area (Å²) in [4.78, 5) is 15.1. The molecule has 0 atom stereocenters. The lowest BCUT2D eigenvalue weighted by Crippen LogP contribution is -2.32. The molecule has 0 bridgehead atoms. The molecule has 3 N–H and O–H groups in total. The summed E-state index contributed by atoms with van der Waals surface area (Å²) in [6, 6.07) is 0. The summed E-state index contributed by atoms with van der Waals surface area (Å²) in [6.07, 6.45) is 3.94. The van der Waals surface area contributed by atoms with Gasteiger partial charge in [0.1, 0.15) is 0 Å². The molecule has 62 valence electrons. The zero-order chi connectivity index (χ0) is 8.55. The molecule has 2 rings (SSSR count). The number of rotatable bonds is 0. The number of aromatic nitrogens is 1. The van der Waals surface area contributed by atoms with E-state index in [-0.39, 0.29) is 5.91 Å². The highest BCUT2D eigenvalue weighted by molar-refractivity contribution is 5.97. The molecule has 1 aliphatic rings. The Morgan fingerprint density at radius 2 is 2.33 bits per heavy atom. The topological polar surface area (TPSA) is 68.0 Å². The Morgan fingerprint density at radius 1 is 1.50 bits per heavy atom. The van der Waals surface area contributed by atoms with Gasteiger partial charge in [0, 0.05) is 12.7 Å². The van der Waals surface area contributed by atoms with E-state index in [1.165, 1.54) is 0 Å². The molecule has 12 heavy (non-hydrogen) atoms. The molecule has 1 aromatic rings. The van der Waals surface area contributed by atoms with Crippen molar-refractivity contribution in [2.75, 3.05) is 12.3 Å². The van der Waals surface area contributed by atoms with Gasteiger partial charge < -0.3 is 11.1 Å². The molecule has 0 saturated carbocycles. The molecule has 0 spiro atoms. The third-order valence-electron chi connectivity index (χ3n) is 2.00. The third-order valence-corrected chi connectivity index (χ3v) is 2.00. The van der Waals surface area contributed by atoms with Crippen molar-refractivity contribution in [2.24, 2.45) is 0 Å². The molecule has 1 amide bonds. The first kappa shape index (κ1) is 7.09. The summed E-state index contributed by atoms with van der Waals surface area (Å²) >= 11 is 0. The van der Waals surface area contributed by atoms with E-state index in [0.717, 1.165) is 12.0 Å². The lowest BCUT2D eigenvalue weighted by Gasteiger charge is -2.16. The van der Waals surface area contributed by atoms with Crippen molar-refractivity contribution in [1.29, 1.82) is 0 Å². The summed E-state index contributed by atoms with van der Waals surface area (Å²) in [5.41, 5.74) is 7.81. The summed E-state index contributed by atoms with van der Waals surface area (Å²) in [5, 5.41) is 2.73. The van der Waals surface area contributed by atoms with E-state index in [1.54, 1.807) is 12.4 Å². The zero-order valence-corrected chi connectivity index (χ0v) is 6.50. The highest BCUT2D eigenvalue weighted by Gasteiger charge is 2.18. The Labute approximate surface area is 69.8 Å². The summed E-state index contributed by atoms with van der Waals surface area (Å²) in [5.74, 6) is -0.0731. The van der Waals surface area contributed by atoms with Gasteiger partial charge in [0.25, 0.3) is 5.91 Å². The standard InChI is InChI=1S/C8H9N3O/c9-7-4-10-3-6-5(7)1-2-11-8(6)12/h3-4H,1-2,9H2,(H,11,12). The lowest BCUT2D eigenvalue weighted by molar-refractivity contribution is 0.0945. The van der Waals surface area contributed by atoms with E-state index >= 15 is 0 Å². The van der Waals surface area contributed by atoms with Gasteiger partial charge in [-0.3, -0.25) is 9.78 Å². The number of hydrogen-bond donors (Lipinski definition) is 2. The van der Waals surface area contributed by atoms with Crippen LogP contribution in [0.15, 0.2) is 12.4 Å². The van der Waals surface area contributed by atoms with Gasteiger partial charge in [-0.05, 0) is 12.0 Å². The minimum atomic E-state index is -0.0731. The Hall–Kier alpha value is -1.58. The Balaban J connectivity index is 2.59. The van der Waals surface area contributed by atoms with Crippen molar-refractivity contribution in [3.05, 3.63) is 23.5 Å². The second-order valence-corrected chi connectivity index (χ2v) is 2.76. The molecule has 0 aromatic carbocycles. The van der Waals surface area contributed by atoms with Gasteiger partial charge in [-0.2, -0.15) is 0 Å². The number of nitrogens with zero attached hydrogens (tertiary/aromatic N) is 1. The molecule has 1 aliphatic heterocycles. The maximum Gasteiger partial charge on any atom is 0.253 e. The van der Waals surface area contributed by atoms with Crippen molar-refractivity contribution in [2.45, 2.75) is 6.42 Å². The minimum Gasteiger partial charge on any atom is -0.397 e. The lowest BCUT2D eigenvalue weighted by atomic mass is 10.0. The number of pyridine rings is 1. The Kier molecular flexibility index (Phi) is 1.46. The van der Waals surface area contributed by atoms with Gasteiger partial charge in [0.2, 0.25) is 0 Å². The van der Waals surface area contributed by atoms with Gasteiger partial charge in [-0.15, -0.1) is 0 Å². The van der Waals surface area contributed by atoms with Crippen molar-refractivity contribution in [3.63, 3.8) is 0 Å². The average Bonchev–Trinajstić information content (AvgIpc) is 2.07. The molecule has 0 fully saturated rings. The van der Waals surface area contributed by atoms with Gasteiger partial charge >= 0.3 is 0 Å². The summed E-state index contributed by atoms with van der Waals surface area (Å²) in [6.45, 7) is 0.667. The molecule has 0 saturated heterocycles. The maximum atomic E-state index is 11.2. The van der Waals surface area contributed by atoms with E-state index in [4.69, 9.17) is 5.73 Å². The van der Waals surface area contributed by atoms with E-state index in [2.05, 4.69) is 10.3 Å². The maximum absolute atomic E-state index is 11.2.